The van der Waals surface area contributed by atoms with Gasteiger partial charge in [0.05, 0.1) is 18.8 Å². The molecule has 3 unspecified atom stereocenters. The third-order valence-electron chi connectivity index (χ3n) is 3.98. The molecule has 2 heterocycles. The molecule has 2 fully saturated rings. The van der Waals surface area contributed by atoms with E-state index < -0.39 is 8.80 Å². The number of hydrogen-bond acceptors (Lipinski definition) is 5. The van der Waals surface area contributed by atoms with Gasteiger partial charge in [-0.3, -0.25) is 0 Å². The fraction of sp³-hybridized carbons (Fsp3) is 1.00. The molecule has 0 bridgehead atoms. The van der Waals surface area contributed by atoms with Gasteiger partial charge in [0.2, 0.25) is 0 Å². The van der Waals surface area contributed by atoms with Gasteiger partial charge in [-0.25, -0.2) is 0 Å². The quantitative estimate of drug-likeness (QED) is 0.522. The lowest BCUT2D eigenvalue weighted by Gasteiger charge is -2.31. The maximum Gasteiger partial charge on any atom is 0.500 e. The molecule has 2 saturated heterocycles. The van der Waals surface area contributed by atoms with Crippen molar-refractivity contribution in [3.8, 4) is 0 Å². The molecule has 0 amide bonds. The highest BCUT2D eigenvalue weighted by atomic mass is 28.4. The Bertz CT molecular complexity index is 282. The summed E-state index contributed by atoms with van der Waals surface area (Å²) in [5, 5.41) is 0. The maximum absolute atomic E-state index is 6.01. The van der Waals surface area contributed by atoms with Gasteiger partial charge < -0.3 is 22.8 Å². The summed E-state index contributed by atoms with van der Waals surface area (Å²) in [4.78, 5) is 0. The van der Waals surface area contributed by atoms with Gasteiger partial charge in [0.25, 0.3) is 0 Å². The minimum atomic E-state index is -2.51. The molecule has 0 N–H and O–H groups in total. The number of fused-ring (bicyclic) bond motifs is 1. The van der Waals surface area contributed by atoms with Crippen LogP contribution in [0.2, 0.25) is 6.04 Å². The van der Waals surface area contributed by atoms with Gasteiger partial charge in [0.1, 0.15) is 5.60 Å². The third kappa shape index (κ3) is 2.50. The van der Waals surface area contributed by atoms with E-state index in [1.54, 1.807) is 14.2 Å². The molecule has 0 aromatic rings. The van der Waals surface area contributed by atoms with E-state index in [9.17, 15) is 0 Å². The first-order valence-electron chi connectivity index (χ1n) is 6.66. The summed E-state index contributed by atoms with van der Waals surface area (Å²) < 4.78 is 28.5. The molecule has 0 aromatic carbocycles. The van der Waals surface area contributed by atoms with Crippen molar-refractivity contribution in [1.29, 1.82) is 0 Å². The van der Waals surface area contributed by atoms with Gasteiger partial charge in [0, 0.05) is 33.3 Å². The van der Waals surface area contributed by atoms with Crippen molar-refractivity contribution in [2.75, 3.05) is 27.4 Å². The van der Waals surface area contributed by atoms with E-state index in [4.69, 9.17) is 22.8 Å². The van der Waals surface area contributed by atoms with Gasteiger partial charge in [-0.1, -0.05) is 13.3 Å². The highest BCUT2D eigenvalue weighted by Crippen LogP contribution is 2.46. The van der Waals surface area contributed by atoms with Crippen molar-refractivity contribution in [1.82, 2.24) is 0 Å². The molecular formula is C12H24O5Si. The number of hydrogen-bond donors (Lipinski definition) is 0. The van der Waals surface area contributed by atoms with Crippen LogP contribution in [0, 0.1) is 0 Å². The predicted molar refractivity (Wildman–Crippen MR) is 68.5 cm³/mol. The molecule has 6 heteroatoms. The molecule has 0 saturated carbocycles. The van der Waals surface area contributed by atoms with Crippen LogP contribution in [-0.4, -0.2) is 54.0 Å². The predicted octanol–water partition coefficient (Wildman–Crippen LogP) is 1.59. The Balaban J connectivity index is 1.93. The molecule has 0 aromatic heterocycles. The lowest BCUT2D eigenvalue weighted by atomic mass is 9.96. The Morgan fingerprint density at radius 1 is 1.33 bits per heavy atom. The van der Waals surface area contributed by atoms with Crippen molar-refractivity contribution in [2.45, 2.75) is 50.5 Å². The number of ether oxygens (including phenoxy) is 2. The van der Waals surface area contributed by atoms with Crippen LogP contribution in [0.4, 0.5) is 0 Å². The topological polar surface area (TPSA) is 49.5 Å². The first kappa shape index (κ1) is 14.4. The zero-order valence-electron chi connectivity index (χ0n) is 11.7. The summed E-state index contributed by atoms with van der Waals surface area (Å²) in [6, 6.07) is 0.829. The second kappa shape index (κ2) is 5.56. The molecule has 0 aliphatic carbocycles. The van der Waals surface area contributed by atoms with Crippen LogP contribution in [0.25, 0.3) is 0 Å². The minimum absolute atomic E-state index is 0.0817. The van der Waals surface area contributed by atoms with E-state index in [2.05, 4.69) is 6.92 Å². The summed E-state index contributed by atoms with van der Waals surface area (Å²) in [7, 11) is 0.811. The average Bonchev–Trinajstić information content (AvgIpc) is 3.11. The highest BCUT2D eigenvalue weighted by Gasteiger charge is 2.63. The van der Waals surface area contributed by atoms with E-state index in [0.29, 0.717) is 6.61 Å². The maximum atomic E-state index is 6.01. The van der Waals surface area contributed by atoms with Crippen molar-refractivity contribution in [2.24, 2.45) is 0 Å². The van der Waals surface area contributed by atoms with Crippen molar-refractivity contribution >= 4 is 8.80 Å². The molecule has 18 heavy (non-hydrogen) atoms. The molecule has 2 aliphatic rings. The fourth-order valence-electron chi connectivity index (χ4n) is 2.64. The number of epoxide rings is 1. The standard InChI is InChI=1S/C12H24O5Si/c1-5-8-18(13-3,14-4)16-9-12-10(2)15-7-6-11(12)17-12/h10-11H,5-9H2,1-4H3. The van der Waals surface area contributed by atoms with Crippen LogP contribution in [0.1, 0.15) is 26.7 Å². The van der Waals surface area contributed by atoms with E-state index >= 15 is 0 Å². The molecule has 0 radical (unpaired) electrons. The SMILES string of the molecule is CCC[Si](OC)(OC)OCC12OC1CCOC2C. The lowest BCUT2D eigenvalue weighted by Crippen LogP contribution is -2.49. The molecule has 0 spiro atoms. The van der Waals surface area contributed by atoms with Crippen LogP contribution >= 0.6 is 0 Å². The average molecular weight is 276 g/mol. The number of rotatable bonds is 7. The second-order valence-corrected chi connectivity index (χ2v) is 7.96. The Morgan fingerprint density at radius 3 is 2.61 bits per heavy atom. The van der Waals surface area contributed by atoms with Crippen molar-refractivity contribution in [3.05, 3.63) is 0 Å². The Labute approximate surface area is 110 Å². The Hall–Kier alpha value is 0.0169. The summed E-state index contributed by atoms with van der Waals surface area (Å²) in [6.45, 7) is 5.43. The lowest BCUT2D eigenvalue weighted by molar-refractivity contribution is -0.0294. The third-order valence-corrected chi connectivity index (χ3v) is 6.92. The molecule has 5 nitrogen and oxygen atoms in total. The van der Waals surface area contributed by atoms with E-state index in [0.717, 1.165) is 25.5 Å². The summed E-state index contributed by atoms with van der Waals surface area (Å²) in [5.41, 5.74) is -0.263. The zero-order chi connectivity index (χ0) is 13.2. The normalized spacial score (nSPS) is 35.3. The fourth-order valence-corrected chi connectivity index (χ4v) is 4.65. The van der Waals surface area contributed by atoms with Crippen LogP contribution in [-0.2, 0) is 22.8 Å². The van der Waals surface area contributed by atoms with E-state index in [-0.39, 0.29) is 17.8 Å². The molecule has 3 atom stereocenters. The Morgan fingerprint density at radius 2 is 2.06 bits per heavy atom. The molecule has 2 rings (SSSR count). The Kier molecular flexibility index (Phi) is 4.46. The molecule has 2 aliphatic heterocycles. The summed E-state index contributed by atoms with van der Waals surface area (Å²) in [5.74, 6) is 0. The van der Waals surface area contributed by atoms with Crippen LogP contribution < -0.4 is 0 Å². The largest absolute Gasteiger partial charge is 0.500 e. The minimum Gasteiger partial charge on any atom is -0.377 e. The summed E-state index contributed by atoms with van der Waals surface area (Å²) >= 11 is 0. The summed E-state index contributed by atoms with van der Waals surface area (Å²) in [6.07, 6.45) is 2.30. The van der Waals surface area contributed by atoms with Crippen LogP contribution in [0.15, 0.2) is 0 Å². The first-order valence-corrected chi connectivity index (χ1v) is 8.59. The van der Waals surface area contributed by atoms with E-state index in [1.165, 1.54) is 0 Å². The molecule has 106 valence electrons. The van der Waals surface area contributed by atoms with Gasteiger partial charge >= 0.3 is 8.80 Å². The van der Waals surface area contributed by atoms with Crippen LogP contribution in [0.5, 0.6) is 0 Å². The van der Waals surface area contributed by atoms with Gasteiger partial charge in [-0.15, -0.1) is 0 Å². The highest BCUT2D eigenvalue weighted by molar-refractivity contribution is 6.60. The zero-order valence-corrected chi connectivity index (χ0v) is 12.7. The molecular weight excluding hydrogens is 252 g/mol. The van der Waals surface area contributed by atoms with Crippen molar-refractivity contribution < 1.29 is 22.8 Å². The van der Waals surface area contributed by atoms with E-state index in [1.807, 2.05) is 6.92 Å². The second-order valence-electron chi connectivity index (χ2n) is 4.99. The smallest absolute Gasteiger partial charge is 0.377 e. The van der Waals surface area contributed by atoms with Crippen molar-refractivity contribution in [3.63, 3.8) is 0 Å². The first-order chi connectivity index (χ1) is 8.62. The monoisotopic (exact) mass is 276 g/mol. The van der Waals surface area contributed by atoms with Gasteiger partial charge in [-0.05, 0) is 6.92 Å². The van der Waals surface area contributed by atoms with Gasteiger partial charge in [-0.2, -0.15) is 0 Å². The van der Waals surface area contributed by atoms with Gasteiger partial charge in [0.15, 0.2) is 0 Å². The van der Waals surface area contributed by atoms with Crippen LogP contribution in [0.3, 0.4) is 0 Å².